The van der Waals surface area contributed by atoms with E-state index in [-0.39, 0.29) is 4.90 Å². The Bertz CT molecular complexity index is 599. The Morgan fingerprint density at radius 2 is 1.31 bits per heavy atom. The van der Waals surface area contributed by atoms with Gasteiger partial charge in [-0.2, -0.15) is 39.5 Å². The van der Waals surface area contributed by atoms with Crippen molar-refractivity contribution in [1.29, 1.82) is 0 Å². The molecule has 0 aliphatic carbocycles. The molecule has 1 aliphatic heterocycles. The molecule has 0 unspecified atom stereocenters. The fraction of sp³-hybridized carbons (Fsp3) is 0.857. The molecule has 170 valence electrons. The Hall–Kier alpha value is -1.93. The van der Waals surface area contributed by atoms with Crippen LogP contribution in [-0.4, -0.2) is 70.5 Å². The number of carboxylic acid groups (broad SMARTS) is 1. The van der Waals surface area contributed by atoms with E-state index in [0.717, 1.165) is 0 Å². The minimum atomic E-state index is -6.97. The third-order valence-corrected chi connectivity index (χ3v) is 3.72. The maximum Gasteiger partial charge on any atom is 0.435 e. The van der Waals surface area contributed by atoms with Crippen LogP contribution in [0.15, 0.2) is 0 Å². The van der Waals surface area contributed by atoms with Gasteiger partial charge in [-0.05, 0) is 20.8 Å². The van der Waals surface area contributed by atoms with E-state index in [4.69, 9.17) is 9.84 Å². The first-order valence-corrected chi connectivity index (χ1v) is 7.74. The second kappa shape index (κ2) is 7.40. The minimum Gasteiger partial charge on any atom is -0.480 e. The number of likely N-dealkylation sites (tertiary alicyclic amines) is 1. The lowest BCUT2D eigenvalue weighted by Crippen LogP contribution is -2.68. The lowest BCUT2D eigenvalue weighted by molar-refractivity contribution is -0.463. The Balaban J connectivity index is 3.32. The van der Waals surface area contributed by atoms with Crippen molar-refractivity contribution < 1.29 is 63.7 Å². The number of alkyl halides is 9. The van der Waals surface area contributed by atoms with Crippen LogP contribution in [0.1, 0.15) is 27.2 Å². The summed E-state index contributed by atoms with van der Waals surface area (Å²) in [6, 6.07) is -2.05. The summed E-state index contributed by atoms with van der Waals surface area (Å²) in [5.41, 5.74) is -7.79. The highest BCUT2D eigenvalue weighted by Gasteiger charge is 2.86. The maximum absolute atomic E-state index is 13.0. The van der Waals surface area contributed by atoms with Crippen LogP contribution in [0.4, 0.5) is 44.3 Å². The van der Waals surface area contributed by atoms with Gasteiger partial charge in [-0.15, -0.1) is 0 Å². The molecular weight excluding hydrogens is 433 g/mol. The van der Waals surface area contributed by atoms with Gasteiger partial charge in [0, 0.05) is 6.42 Å². The summed E-state index contributed by atoms with van der Waals surface area (Å²) in [6.07, 6.45) is -26.2. The van der Waals surface area contributed by atoms with Crippen molar-refractivity contribution in [2.75, 3.05) is 6.54 Å². The third kappa shape index (κ3) is 4.98. The van der Waals surface area contributed by atoms with Gasteiger partial charge in [-0.3, -0.25) is 4.90 Å². The molecule has 0 aromatic rings. The molecule has 1 heterocycles. The topological polar surface area (TPSA) is 76.1 Å². The quantitative estimate of drug-likeness (QED) is 0.662. The van der Waals surface area contributed by atoms with Gasteiger partial charge in [-0.1, -0.05) is 0 Å². The number of carboxylic acids is 1. The van der Waals surface area contributed by atoms with Crippen molar-refractivity contribution in [1.82, 2.24) is 4.90 Å². The van der Waals surface area contributed by atoms with E-state index in [2.05, 4.69) is 4.74 Å². The van der Waals surface area contributed by atoms with Crippen molar-refractivity contribution in [3.05, 3.63) is 0 Å². The monoisotopic (exact) mass is 449 g/mol. The predicted octanol–water partition coefficient (Wildman–Crippen LogP) is 3.89. The van der Waals surface area contributed by atoms with Gasteiger partial charge in [0.1, 0.15) is 11.6 Å². The molecule has 0 bridgehead atoms. The smallest absolute Gasteiger partial charge is 0.435 e. The summed E-state index contributed by atoms with van der Waals surface area (Å²) in [5, 5.41) is 9.05. The molecule has 1 saturated heterocycles. The van der Waals surface area contributed by atoms with E-state index in [1.54, 1.807) is 0 Å². The summed E-state index contributed by atoms with van der Waals surface area (Å²) in [4.78, 5) is 23.4. The van der Waals surface area contributed by atoms with E-state index in [1.807, 2.05) is 0 Å². The van der Waals surface area contributed by atoms with E-state index in [9.17, 15) is 49.1 Å². The molecule has 0 aromatic carbocycles. The molecule has 0 aromatic heterocycles. The molecule has 29 heavy (non-hydrogen) atoms. The number of carbonyl (C=O) groups is 2. The second-order valence-corrected chi connectivity index (χ2v) is 7.14. The fourth-order valence-corrected chi connectivity index (χ4v) is 2.57. The third-order valence-electron chi connectivity index (χ3n) is 3.72. The first-order valence-electron chi connectivity index (χ1n) is 7.74. The molecule has 6 nitrogen and oxygen atoms in total. The lowest BCUT2D eigenvalue weighted by atomic mass is 10.0. The van der Waals surface area contributed by atoms with Crippen LogP contribution in [0, 0.1) is 0 Å². The molecule has 1 rings (SSSR count). The van der Waals surface area contributed by atoms with Crippen molar-refractivity contribution >= 4 is 12.1 Å². The Morgan fingerprint density at radius 3 is 1.62 bits per heavy atom. The molecule has 0 saturated carbocycles. The summed E-state index contributed by atoms with van der Waals surface area (Å²) >= 11 is 0. The van der Waals surface area contributed by atoms with Crippen LogP contribution in [0.5, 0.6) is 0 Å². The number of nitrogens with zero attached hydrogens (tertiary/aromatic N) is 1. The van der Waals surface area contributed by atoms with Crippen molar-refractivity contribution in [3.63, 3.8) is 0 Å². The number of ether oxygens (including phenoxy) is 2. The highest BCUT2D eigenvalue weighted by molar-refractivity contribution is 5.81. The van der Waals surface area contributed by atoms with Gasteiger partial charge in [-0.25, -0.2) is 9.59 Å². The molecule has 15 heteroatoms. The Morgan fingerprint density at radius 1 is 0.897 bits per heavy atom. The highest BCUT2D eigenvalue weighted by atomic mass is 19.4. The number of carbonyl (C=O) groups excluding carboxylic acids is 1. The maximum atomic E-state index is 13.0. The first kappa shape index (κ1) is 25.1. The molecule has 0 radical (unpaired) electrons. The largest absolute Gasteiger partial charge is 0.480 e. The van der Waals surface area contributed by atoms with Crippen molar-refractivity contribution in [3.8, 4) is 0 Å². The number of aliphatic carboxylic acids is 1. The minimum absolute atomic E-state index is 0.201. The van der Waals surface area contributed by atoms with Crippen molar-refractivity contribution in [2.45, 2.75) is 69.1 Å². The highest BCUT2D eigenvalue weighted by Crippen LogP contribution is 2.55. The second-order valence-electron chi connectivity index (χ2n) is 7.14. The van der Waals surface area contributed by atoms with Gasteiger partial charge >= 0.3 is 36.2 Å². The zero-order valence-corrected chi connectivity index (χ0v) is 15.0. The lowest BCUT2D eigenvalue weighted by Gasteiger charge is -2.39. The molecule has 0 spiro atoms. The molecule has 1 amide bonds. The molecule has 2 atom stereocenters. The van der Waals surface area contributed by atoms with Crippen LogP contribution >= 0.6 is 0 Å². The van der Waals surface area contributed by atoms with Gasteiger partial charge in [0.2, 0.25) is 0 Å². The van der Waals surface area contributed by atoms with Crippen LogP contribution in [0.25, 0.3) is 0 Å². The fourth-order valence-electron chi connectivity index (χ4n) is 2.57. The molecule has 1 fully saturated rings. The Labute approximate surface area is 157 Å². The zero-order valence-electron chi connectivity index (χ0n) is 15.0. The van der Waals surface area contributed by atoms with Crippen molar-refractivity contribution in [2.24, 2.45) is 0 Å². The summed E-state index contributed by atoms with van der Waals surface area (Å²) in [6.45, 7) is 2.68. The number of amides is 1. The van der Waals surface area contributed by atoms with Crippen LogP contribution in [0.2, 0.25) is 0 Å². The van der Waals surface area contributed by atoms with E-state index in [0.29, 0.717) is 0 Å². The number of rotatable bonds is 3. The van der Waals surface area contributed by atoms with E-state index < -0.39 is 66.9 Å². The molecular formula is C14H16F9NO5. The standard InChI is InChI=1S/C14H16F9NO5/c1-10(2,3)29-9(27)24-5-6(4-7(24)8(25)26)28-11(12(15,16)17,13(18,19)20)14(21,22)23/h6-7H,4-5H2,1-3H3,(H,25,26)/t6-,7-/m0/s1. The van der Waals surface area contributed by atoms with E-state index in [1.165, 1.54) is 20.8 Å². The number of hydrogen-bond acceptors (Lipinski definition) is 4. The number of hydrogen-bond donors (Lipinski definition) is 1. The van der Waals surface area contributed by atoms with Crippen LogP contribution in [0.3, 0.4) is 0 Å². The SMILES string of the molecule is CC(C)(C)OC(=O)N1C[C@@H](OC(C(F)(F)F)(C(F)(F)F)C(F)(F)F)C[C@H]1C(=O)O. The first-order chi connectivity index (χ1) is 12.6. The molecule has 1 N–H and O–H groups in total. The van der Waals surface area contributed by atoms with Crippen LogP contribution in [-0.2, 0) is 14.3 Å². The summed E-state index contributed by atoms with van der Waals surface area (Å²) in [5.74, 6) is -1.88. The van der Waals surface area contributed by atoms with Gasteiger partial charge in [0.15, 0.2) is 0 Å². The van der Waals surface area contributed by atoms with Crippen LogP contribution < -0.4 is 0 Å². The van der Waals surface area contributed by atoms with Gasteiger partial charge < -0.3 is 14.6 Å². The number of halogens is 9. The Kier molecular flexibility index (Phi) is 6.40. The summed E-state index contributed by atoms with van der Waals surface area (Å²) < 4.78 is 125. The zero-order chi connectivity index (χ0) is 23.2. The van der Waals surface area contributed by atoms with E-state index >= 15 is 0 Å². The van der Waals surface area contributed by atoms with Gasteiger partial charge in [0.05, 0.1) is 12.6 Å². The average Bonchev–Trinajstić information content (AvgIpc) is 2.82. The normalized spacial score (nSPS) is 22.0. The average molecular weight is 449 g/mol. The van der Waals surface area contributed by atoms with Gasteiger partial charge in [0.25, 0.3) is 0 Å². The summed E-state index contributed by atoms with van der Waals surface area (Å²) in [7, 11) is 0. The predicted molar refractivity (Wildman–Crippen MR) is 74.7 cm³/mol. The molecule has 1 aliphatic rings.